The number of benzene rings is 1. The molecule has 0 saturated heterocycles. The molecule has 1 aliphatic carbocycles. The van der Waals surface area contributed by atoms with Crippen molar-refractivity contribution in [3.8, 4) is 0 Å². The zero-order valence-electron chi connectivity index (χ0n) is 12.1. The summed E-state index contributed by atoms with van der Waals surface area (Å²) in [6.07, 6.45) is 6.49. The van der Waals surface area contributed by atoms with Crippen LogP contribution in [0.2, 0.25) is 0 Å². The third kappa shape index (κ3) is 1.87. The Kier molecular flexibility index (Phi) is 3.09. The number of allylic oxidation sites excluding steroid dienone is 3. The summed E-state index contributed by atoms with van der Waals surface area (Å²) in [4.78, 5) is 14.9. The van der Waals surface area contributed by atoms with Crippen LogP contribution in [0.3, 0.4) is 0 Å². The number of rotatable bonds is 3. The summed E-state index contributed by atoms with van der Waals surface area (Å²) in [5, 5.41) is 1.08. The molecular weight excluding hydrogens is 264 g/mol. The molecule has 0 bridgehead atoms. The molecule has 0 saturated carbocycles. The molecule has 1 aromatic carbocycles. The van der Waals surface area contributed by atoms with Crippen molar-refractivity contribution in [2.24, 2.45) is 11.7 Å². The molecule has 0 spiro atoms. The normalized spacial score (nSPS) is 25.3. The number of ether oxygens (including phenoxy) is 1. The van der Waals surface area contributed by atoms with Gasteiger partial charge in [-0.25, -0.2) is 0 Å². The maximum atomic E-state index is 11.6. The van der Waals surface area contributed by atoms with Gasteiger partial charge >= 0.3 is 0 Å². The van der Waals surface area contributed by atoms with Gasteiger partial charge in [-0.05, 0) is 30.7 Å². The number of aldehydes is 1. The summed E-state index contributed by atoms with van der Waals surface area (Å²) < 4.78 is 5.23. The Labute approximate surface area is 123 Å². The molecule has 21 heavy (non-hydrogen) atoms. The van der Waals surface area contributed by atoms with Crippen molar-refractivity contribution in [3.05, 3.63) is 59.6 Å². The monoisotopic (exact) mass is 282 g/mol. The van der Waals surface area contributed by atoms with Gasteiger partial charge < -0.3 is 20.2 Å². The van der Waals surface area contributed by atoms with Gasteiger partial charge in [-0.2, -0.15) is 0 Å². The third-order valence-electron chi connectivity index (χ3n) is 4.44. The Bertz CT molecular complexity index is 757. The van der Waals surface area contributed by atoms with Crippen molar-refractivity contribution >= 4 is 17.2 Å². The van der Waals surface area contributed by atoms with Crippen LogP contribution in [-0.2, 0) is 14.9 Å². The molecule has 1 aromatic heterocycles. The van der Waals surface area contributed by atoms with Crippen molar-refractivity contribution < 1.29 is 9.53 Å². The lowest BCUT2D eigenvalue weighted by Gasteiger charge is -2.36. The largest absolute Gasteiger partial charge is 0.497 e. The number of methoxy groups -OCH3 is 1. The smallest absolute Gasteiger partial charge is 0.128 e. The molecule has 2 atom stereocenters. The summed E-state index contributed by atoms with van der Waals surface area (Å²) in [5.74, 6) is 0.263. The highest BCUT2D eigenvalue weighted by atomic mass is 16.5. The van der Waals surface area contributed by atoms with E-state index in [9.17, 15) is 4.79 Å². The van der Waals surface area contributed by atoms with Gasteiger partial charge in [0, 0.05) is 28.2 Å². The van der Waals surface area contributed by atoms with Gasteiger partial charge in [0.25, 0.3) is 0 Å². The highest BCUT2D eigenvalue weighted by Gasteiger charge is 2.41. The molecular formula is C17H18N2O2. The average molecular weight is 282 g/mol. The van der Waals surface area contributed by atoms with E-state index in [1.54, 1.807) is 13.2 Å². The van der Waals surface area contributed by atoms with Crippen LogP contribution in [0.15, 0.2) is 54.1 Å². The van der Waals surface area contributed by atoms with Crippen LogP contribution in [0.25, 0.3) is 10.9 Å². The summed E-state index contributed by atoms with van der Waals surface area (Å²) in [7, 11) is 1.58. The molecule has 2 aromatic rings. The Morgan fingerprint density at radius 1 is 1.38 bits per heavy atom. The van der Waals surface area contributed by atoms with Crippen molar-refractivity contribution in [1.82, 2.24) is 4.98 Å². The van der Waals surface area contributed by atoms with Crippen molar-refractivity contribution in [1.29, 1.82) is 0 Å². The molecule has 108 valence electrons. The second-order valence-electron chi connectivity index (χ2n) is 5.48. The van der Waals surface area contributed by atoms with Gasteiger partial charge in [0.2, 0.25) is 0 Å². The fourth-order valence-corrected chi connectivity index (χ4v) is 3.03. The van der Waals surface area contributed by atoms with E-state index in [0.717, 1.165) is 22.8 Å². The number of carbonyl (C=O) groups is 1. The number of aromatic amines is 1. The van der Waals surface area contributed by atoms with Crippen molar-refractivity contribution in [2.45, 2.75) is 12.3 Å². The van der Waals surface area contributed by atoms with E-state index in [4.69, 9.17) is 10.5 Å². The van der Waals surface area contributed by atoms with E-state index in [2.05, 4.69) is 4.98 Å². The van der Waals surface area contributed by atoms with Crippen LogP contribution >= 0.6 is 0 Å². The Morgan fingerprint density at radius 3 is 2.86 bits per heavy atom. The number of nitrogens with two attached hydrogens (primary N) is 1. The number of nitrogens with one attached hydrogen (secondary N) is 1. The second-order valence-corrected chi connectivity index (χ2v) is 5.48. The van der Waals surface area contributed by atoms with E-state index in [1.165, 1.54) is 0 Å². The third-order valence-corrected chi connectivity index (χ3v) is 4.44. The van der Waals surface area contributed by atoms with Crippen LogP contribution in [0, 0.1) is 5.92 Å². The fourth-order valence-electron chi connectivity index (χ4n) is 3.03. The summed E-state index contributed by atoms with van der Waals surface area (Å²) in [6, 6.07) is 8.01. The highest BCUT2D eigenvalue weighted by Crippen LogP contribution is 2.43. The number of hydrogen-bond acceptors (Lipinski definition) is 3. The van der Waals surface area contributed by atoms with Crippen LogP contribution in [-0.4, -0.2) is 18.4 Å². The Balaban J connectivity index is 2.21. The molecule has 0 fully saturated rings. The number of carbonyl (C=O) groups excluding carboxylic acids is 1. The molecule has 0 aliphatic heterocycles. The standard InChI is InChI=1S/C17H18N2O2/c1-17(11(10-20)7-12(21-2)8-16(17)18)14-9-19-15-6-4-3-5-13(14)15/h3-11,19H,18H2,1-2H3. The molecule has 1 heterocycles. The molecule has 1 aliphatic rings. The lowest BCUT2D eigenvalue weighted by Crippen LogP contribution is -2.39. The number of hydrogen-bond donors (Lipinski definition) is 2. The topological polar surface area (TPSA) is 68.1 Å². The molecule has 0 amide bonds. The van der Waals surface area contributed by atoms with Gasteiger partial charge in [0.05, 0.1) is 13.0 Å². The summed E-state index contributed by atoms with van der Waals surface area (Å²) in [5.41, 5.74) is 8.40. The summed E-state index contributed by atoms with van der Waals surface area (Å²) in [6.45, 7) is 2.00. The molecule has 2 unspecified atom stereocenters. The van der Waals surface area contributed by atoms with E-state index in [-0.39, 0.29) is 5.92 Å². The van der Waals surface area contributed by atoms with Crippen LogP contribution in [0.4, 0.5) is 0 Å². The number of H-pyrrole nitrogens is 1. The van der Waals surface area contributed by atoms with Crippen molar-refractivity contribution in [3.63, 3.8) is 0 Å². The lowest BCUT2D eigenvalue weighted by molar-refractivity contribution is -0.111. The van der Waals surface area contributed by atoms with Gasteiger partial charge in [-0.1, -0.05) is 18.2 Å². The molecule has 0 radical (unpaired) electrons. The van der Waals surface area contributed by atoms with Gasteiger partial charge in [-0.3, -0.25) is 0 Å². The number of aromatic nitrogens is 1. The first-order valence-corrected chi connectivity index (χ1v) is 6.86. The van der Waals surface area contributed by atoms with Crippen molar-refractivity contribution in [2.75, 3.05) is 7.11 Å². The van der Waals surface area contributed by atoms with E-state index in [0.29, 0.717) is 11.5 Å². The quantitative estimate of drug-likeness (QED) is 0.850. The van der Waals surface area contributed by atoms with E-state index < -0.39 is 5.41 Å². The average Bonchev–Trinajstić information content (AvgIpc) is 2.94. The zero-order chi connectivity index (χ0) is 15.0. The number of fused-ring (bicyclic) bond motifs is 1. The first-order chi connectivity index (χ1) is 10.1. The molecule has 3 rings (SSSR count). The maximum Gasteiger partial charge on any atom is 0.128 e. The van der Waals surface area contributed by atoms with Crippen LogP contribution in [0.5, 0.6) is 0 Å². The molecule has 4 nitrogen and oxygen atoms in total. The van der Waals surface area contributed by atoms with Gasteiger partial charge in [-0.15, -0.1) is 0 Å². The number of para-hydroxylation sites is 1. The maximum absolute atomic E-state index is 11.6. The highest BCUT2D eigenvalue weighted by molar-refractivity contribution is 5.86. The van der Waals surface area contributed by atoms with E-state index >= 15 is 0 Å². The Morgan fingerprint density at radius 2 is 2.14 bits per heavy atom. The SMILES string of the molecule is COC1=CC(C=O)C(C)(c2c[nH]c3ccccc23)C(N)=C1. The first kappa shape index (κ1) is 13.5. The lowest BCUT2D eigenvalue weighted by atomic mass is 9.67. The molecule has 3 N–H and O–H groups in total. The van der Waals surface area contributed by atoms with Gasteiger partial charge in [0.15, 0.2) is 0 Å². The van der Waals surface area contributed by atoms with Gasteiger partial charge in [0.1, 0.15) is 12.0 Å². The minimum absolute atomic E-state index is 0.364. The molecule has 4 heteroatoms. The van der Waals surface area contributed by atoms with Crippen LogP contribution in [0.1, 0.15) is 12.5 Å². The fraction of sp³-hybridized carbons (Fsp3) is 0.235. The van der Waals surface area contributed by atoms with Crippen LogP contribution < -0.4 is 5.73 Å². The second kappa shape index (κ2) is 4.81. The van der Waals surface area contributed by atoms with E-state index in [1.807, 2.05) is 43.5 Å². The minimum atomic E-state index is -0.580. The minimum Gasteiger partial charge on any atom is -0.497 e. The zero-order valence-corrected chi connectivity index (χ0v) is 12.1. The first-order valence-electron chi connectivity index (χ1n) is 6.86. The predicted molar refractivity (Wildman–Crippen MR) is 82.6 cm³/mol. The predicted octanol–water partition coefficient (Wildman–Crippen LogP) is 2.63. The summed E-state index contributed by atoms with van der Waals surface area (Å²) >= 11 is 0. The Hall–Kier alpha value is -2.49.